The van der Waals surface area contributed by atoms with Crippen molar-refractivity contribution in [1.82, 2.24) is 0 Å². The zero-order valence-electron chi connectivity index (χ0n) is 5.42. The monoisotopic (exact) mass is 159 g/mol. The highest BCUT2D eigenvalue weighted by molar-refractivity contribution is 5.62. The van der Waals surface area contributed by atoms with Crippen LogP contribution in [0.25, 0.3) is 0 Å². The van der Waals surface area contributed by atoms with Gasteiger partial charge in [0.15, 0.2) is 0 Å². The second-order valence-corrected chi connectivity index (χ2v) is 0.655. The minimum atomic E-state index is -0.833. The third-order valence-corrected chi connectivity index (χ3v) is 0. The Bertz CT molecular complexity index is 60.0. The molecule has 0 aromatic rings. The zero-order chi connectivity index (χ0) is 6.28. The van der Waals surface area contributed by atoms with Gasteiger partial charge in [-0.1, -0.05) is 0 Å². The third kappa shape index (κ3) is 166. The molecular weight excluding hydrogens is 146 g/mol. The van der Waals surface area contributed by atoms with E-state index in [0.717, 1.165) is 6.92 Å². The largest absolute Gasteiger partial charge is 0.481 e. The number of carboxylic acids is 1. The standard InChI is InChI=1S/C2H4O2.CH3NO.3H2O/c1-2(3)4;2-1-3;;;/h1H3,(H,3,4);1H,(H2,2,3);3*1H2. The van der Waals surface area contributed by atoms with Crippen LogP contribution < -0.4 is 5.73 Å². The van der Waals surface area contributed by atoms with Gasteiger partial charge in [0.1, 0.15) is 0 Å². The van der Waals surface area contributed by atoms with E-state index in [0.29, 0.717) is 0 Å². The van der Waals surface area contributed by atoms with Crippen LogP contribution in [0.15, 0.2) is 0 Å². The Labute approximate surface area is 57.4 Å². The van der Waals surface area contributed by atoms with E-state index in [4.69, 9.17) is 14.7 Å². The SMILES string of the molecule is CC(=O)O.NC=O.O.O.O. The Morgan fingerprint density at radius 1 is 1.40 bits per heavy atom. The highest BCUT2D eigenvalue weighted by Crippen LogP contribution is 1.42. The first-order valence-electron chi connectivity index (χ1n) is 1.50. The van der Waals surface area contributed by atoms with Gasteiger partial charge in [-0.15, -0.1) is 0 Å². The maximum atomic E-state index is 9.00. The number of carbonyl (C=O) groups excluding carboxylic acids is 1. The van der Waals surface area contributed by atoms with Crippen LogP contribution in [0.3, 0.4) is 0 Å². The van der Waals surface area contributed by atoms with Gasteiger partial charge in [-0.05, 0) is 0 Å². The molecule has 66 valence electrons. The van der Waals surface area contributed by atoms with Crippen LogP contribution in [0.1, 0.15) is 6.92 Å². The number of aliphatic carboxylic acids is 1. The number of primary amides is 1. The molecule has 10 heavy (non-hydrogen) atoms. The Morgan fingerprint density at radius 3 is 1.40 bits per heavy atom. The van der Waals surface area contributed by atoms with Crippen molar-refractivity contribution in [3.63, 3.8) is 0 Å². The van der Waals surface area contributed by atoms with Crippen LogP contribution >= 0.6 is 0 Å². The van der Waals surface area contributed by atoms with E-state index in [1.54, 1.807) is 0 Å². The van der Waals surface area contributed by atoms with Crippen molar-refractivity contribution in [2.45, 2.75) is 6.92 Å². The molecule has 0 aliphatic rings. The molecule has 0 heterocycles. The van der Waals surface area contributed by atoms with E-state index >= 15 is 0 Å². The van der Waals surface area contributed by atoms with Gasteiger partial charge >= 0.3 is 0 Å². The molecule has 0 aliphatic heterocycles. The molecule has 0 rings (SSSR count). The lowest BCUT2D eigenvalue weighted by Crippen LogP contribution is -1.82. The summed E-state index contributed by atoms with van der Waals surface area (Å²) < 4.78 is 0. The fraction of sp³-hybridized carbons (Fsp3) is 0.333. The van der Waals surface area contributed by atoms with Gasteiger partial charge in [-0.3, -0.25) is 9.59 Å². The van der Waals surface area contributed by atoms with E-state index in [1.165, 1.54) is 0 Å². The second-order valence-electron chi connectivity index (χ2n) is 0.655. The van der Waals surface area contributed by atoms with Gasteiger partial charge < -0.3 is 27.3 Å². The highest BCUT2D eigenvalue weighted by Gasteiger charge is 1.65. The third-order valence-electron chi connectivity index (χ3n) is 0. The van der Waals surface area contributed by atoms with Gasteiger partial charge in [0, 0.05) is 6.92 Å². The van der Waals surface area contributed by atoms with E-state index in [1.807, 2.05) is 0 Å². The average Bonchev–Trinajstić information content (AvgIpc) is 1.33. The highest BCUT2D eigenvalue weighted by atomic mass is 16.4. The Hall–Kier alpha value is -1.18. The topological polar surface area (TPSA) is 175 Å². The molecule has 0 aliphatic carbocycles. The second kappa shape index (κ2) is 45.7. The number of amides is 1. The van der Waals surface area contributed by atoms with Crippen LogP contribution in [0, 0.1) is 0 Å². The number of hydrogen-bond donors (Lipinski definition) is 2. The molecule has 7 nitrogen and oxygen atoms in total. The predicted octanol–water partition coefficient (Wildman–Crippen LogP) is -3.28. The maximum absolute atomic E-state index is 9.00. The fourth-order valence-electron chi connectivity index (χ4n) is 0. The molecular formula is C3H13NO6. The predicted molar refractivity (Wildman–Crippen MR) is 34.4 cm³/mol. The molecule has 0 aromatic carbocycles. The van der Waals surface area contributed by atoms with Gasteiger partial charge in [0.25, 0.3) is 5.97 Å². The molecule has 1 amide bonds. The zero-order valence-corrected chi connectivity index (χ0v) is 5.42. The first-order valence-corrected chi connectivity index (χ1v) is 1.50. The summed E-state index contributed by atoms with van der Waals surface area (Å²) in [7, 11) is 0. The Balaban J connectivity index is -0.0000000131. The van der Waals surface area contributed by atoms with Crippen molar-refractivity contribution in [3.8, 4) is 0 Å². The summed E-state index contributed by atoms with van der Waals surface area (Å²) in [6.07, 6.45) is 0.250. The van der Waals surface area contributed by atoms with Crippen LogP contribution in [0.2, 0.25) is 0 Å². The van der Waals surface area contributed by atoms with Gasteiger partial charge in [-0.2, -0.15) is 0 Å². The van der Waals surface area contributed by atoms with Crippen LogP contribution in [0.5, 0.6) is 0 Å². The molecule has 0 aromatic heterocycles. The number of hydrogen-bond acceptors (Lipinski definition) is 2. The number of rotatable bonds is 0. The summed E-state index contributed by atoms with van der Waals surface area (Å²) in [6, 6.07) is 0. The van der Waals surface area contributed by atoms with Crippen LogP contribution in [0.4, 0.5) is 0 Å². The first kappa shape index (κ1) is 37.0. The van der Waals surface area contributed by atoms with Crippen molar-refractivity contribution >= 4 is 12.4 Å². The number of nitrogens with two attached hydrogens (primary N) is 1. The van der Waals surface area contributed by atoms with Crippen LogP contribution in [-0.4, -0.2) is 33.9 Å². The molecule has 0 fully saturated rings. The minimum Gasteiger partial charge on any atom is -0.481 e. The Morgan fingerprint density at radius 2 is 1.40 bits per heavy atom. The van der Waals surface area contributed by atoms with Gasteiger partial charge in [0.05, 0.1) is 0 Å². The summed E-state index contributed by atoms with van der Waals surface area (Å²) in [6.45, 7) is 1.08. The van der Waals surface area contributed by atoms with Gasteiger partial charge in [0.2, 0.25) is 6.41 Å². The molecule has 0 radical (unpaired) electrons. The van der Waals surface area contributed by atoms with E-state index in [-0.39, 0.29) is 22.8 Å². The molecule has 0 bridgehead atoms. The molecule has 0 atom stereocenters. The average molecular weight is 159 g/mol. The smallest absolute Gasteiger partial charge is 0.300 e. The van der Waals surface area contributed by atoms with Crippen molar-refractivity contribution in [1.29, 1.82) is 0 Å². The summed E-state index contributed by atoms with van der Waals surface area (Å²) in [4.78, 5) is 17.6. The maximum Gasteiger partial charge on any atom is 0.300 e. The minimum absolute atomic E-state index is 0. The lowest BCUT2D eigenvalue weighted by molar-refractivity contribution is -0.134. The molecule has 0 saturated heterocycles. The molecule has 0 saturated carbocycles. The Kier molecular flexibility index (Phi) is 169. The van der Waals surface area contributed by atoms with Crippen molar-refractivity contribution in [2.75, 3.05) is 0 Å². The number of carbonyl (C=O) groups is 2. The quantitative estimate of drug-likeness (QED) is 0.353. The first-order chi connectivity index (χ1) is 3.15. The summed E-state index contributed by atoms with van der Waals surface area (Å²) >= 11 is 0. The van der Waals surface area contributed by atoms with Gasteiger partial charge in [-0.25, -0.2) is 0 Å². The van der Waals surface area contributed by atoms with Crippen molar-refractivity contribution < 1.29 is 31.1 Å². The summed E-state index contributed by atoms with van der Waals surface area (Å²) in [5.74, 6) is -0.833. The fourth-order valence-corrected chi connectivity index (χ4v) is 0. The van der Waals surface area contributed by atoms with Crippen molar-refractivity contribution in [3.05, 3.63) is 0 Å². The summed E-state index contributed by atoms with van der Waals surface area (Å²) in [5, 5.41) is 7.42. The molecule has 0 unspecified atom stereocenters. The lowest BCUT2D eigenvalue weighted by Gasteiger charge is -1.59. The molecule has 9 N–H and O–H groups in total. The lowest BCUT2D eigenvalue weighted by atomic mass is 10.9. The molecule has 0 spiro atoms. The molecule has 7 heteroatoms. The van der Waals surface area contributed by atoms with E-state index in [9.17, 15) is 0 Å². The summed E-state index contributed by atoms with van der Waals surface area (Å²) in [5.41, 5.74) is 4.17. The normalized spacial score (nSPS) is 3.70. The van der Waals surface area contributed by atoms with Crippen molar-refractivity contribution in [2.24, 2.45) is 5.73 Å². The van der Waals surface area contributed by atoms with E-state index < -0.39 is 5.97 Å². The number of carboxylic acid groups (broad SMARTS) is 1. The van der Waals surface area contributed by atoms with Crippen LogP contribution in [-0.2, 0) is 9.59 Å². The van der Waals surface area contributed by atoms with E-state index in [2.05, 4.69) is 5.73 Å².